The Morgan fingerprint density at radius 3 is 2.57 bits per heavy atom. The van der Waals surface area contributed by atoms with Gasteiger partial charge in [-0.3, -0.25) is 13.8 Å². The Kier molecular flexibility index (Phi) is 5.48. The van der Waals surface area contributed by atoms with Crippen LogP contribution in [0.25, 0.3) is 16.7 Å². The van der Waals surface area contributed by atoms with Crippen molar-refractivity contribution in [3.63, 3.8) is 0 Å². The molecule has 0 aliphatic carbocycles. The van der Waals surface area contributed by atoms with E-state index < -0.39 is 0 Å². The number of rotatable bonds is 7. The van der Waals surface area contributed by atoms with Crippen molar-refractivity contribution in [2.75, 3.05) is 0 Å². The molecule has 28 heavy (non-hydrogen) atoms. The van der Waals surface area contributed by atoms with Crippen LogP contribution < -0.4 is 5.56 Å². The van der Waals surface area contributed by atoms with Gasteiger partial charge in [0.15, 0.2) is 5.16 Å². The van der Waals surface area contributed by atoms with Crippen LogP contribution in [0.4, 0.5) is 0 Å². The van der Waals surface area contributed by atoms with Gasteiger partial charge >= 0.3 is 0 Å². The Hall–Kier alpha value is -2.60. The maximum absolute atomic E-state index is 12.9. The zero-order chi connectivity index (χ0) is 19.5. The summed E-state index contributed by atoms with van der Waals surface area (Å²) in [5, 5.41) is 10.8. The smallest absolute Gasteiger partial charge is 0.262 e. The average Bonchev–Trinajstić information content (AvgIpc) is 3.14. The van der Waals surface area contributed by atoms with Crippen LogP contribution in [0, 0.1) is 0 Å². The highest BCUT2D eigenvalue weighted by Gasteiger charge is 2.18. The van der Waals surface area contributed by atoms with E-state index in [1.807, 2.05) is 34.7 Å². The van der Waals surface area contributed by atoms with Gasteiger partial charge in [-0.25, -0.2) is 0 Å². The van der Waals surface area contributed by atoms with Crippen LogP contribution in [-0.2, 0) is 13.0 Å². The lowest BCUT2D eigenvalue weighted by Gasteiger charge is -2.12. The van der Waals surface area contributed by atoms with E-state index >= 15 is 0 Å². The van der Waals surface area contributed by atoms with Gasteiger partial charge in [-0.05, 0) is 37.0 Å². The predicted octanol–water partition coefficient (Wildman–Crippen LogP) is 4.57. The minimum absolute atomic E-state index is 0.00558. The molecule has 2 aromatic heterocycles. The molecule has 4 rings (SSSR count). The minimum Gasteiger partial charge on any atom is -0.276 e. The second-order valence-corrected chi connectivity index (χ2v) is 8.45. The number of aryl methyl sites for hydroxylation is 2. The van der Waals surface area contributed by atoms with Gasteiger partial charge in [-0.1, -0.05) is 68.1 Å². The molecular weight excluding hydrogens is 368 g/mol. The molecule has 5 nitrogen and oxygen atoms in total. The van der Waals surface area contributed by atoms with Crippen molar-refractivity contribution in [1.29, 1.82) is 0 Å². The summed E-state index contributed by atoms with van der Waals surface area (Å²) in [5.74, 6) is 0.628. The fraction of sp³-hybridized carbons (Fsp3) is 0.318. The number of hydrogen-bond donors (Lipinski definition) is 0. The molecule has 0 aliphatic rings. The summed E-state index contributed by atoms with van der Waals surface area (Å²) in [4.78, 5) is 12.9. The maximum Gasteiger partial charge on any atom is 0.262 e. The van der Waals surface area contributed by atoms with Crippen LogP contribution in [0.3, 0.4) is 0 Å². The van der Waals surface area contributed by atoms with Gasteiger partial charge in [0.25, 0.3) is 5.56 Å². The Bertz CT molecular complexity index is 1150. The van der Waals surface area contributed by atoms with E-state index in [-0.39, 0.29) is 5.56 Å². The van der Waals surface area contributed by atoms with Crippen molar-refractivity contribution >= 4 is 28.4 Å². The fourth-order valence-electron chi connectivity index (χ4n) is 3.49. The number of benzene rings is 2. The molecule has 0 aliphatic heterocycles. The molecule has 1 unspecified atom stereocenters. The maximum atomic E-state index is 12.9. The van der Waals surface area contributed by atoms with Gasteiger partial charge in [0.05, 0.1) is 10.9 Å². The zero-order valence-electron chi connectivity index (χ0n) is 16.2. The molecule has 0 radical (unpaired) electrons. The van der Waals surface area contributed by atoms with E-state index in [0.717, 1.165) is 29.9 Å². The topological polar surface area (TPSA) is 52.2 Å². The third-order valence-corrected chi connectivity index (χ3v) is 6.03. The first-order valence-corrected chi connectivity index (χ1v) is 10.6. The van der Waals surface area contributed by atoms with Crippen LogP contribution >= 0.6 is 11.8 Å². The normalized spacial score (nSPS) is 12.6. The van der Waals surface area contributed by atoms with Crippen molar-refractivity contribution < 1.29 is 0 Å². The summed E-state index contributed by atoms with van der Waals surface area (Å²) in [6.45, 7) is 4.92. The molecular formula is C22H24N4OS. The molecule has 0 saturated heterocycles. The third-order valence-electron chi connectivity index (χ3n) is 4.91. The first-order valence-electron chi connectivity index (χ1n) is 9.76. The predicted molar refractivity (Wildman–Crippen MR) is 115 cm³/mol. The molecule has 0 saturated carbocycles. The minimum atomic E-state index is 0.00558. The van der Waals surface area contributed by atoms with E-state index in [2.05, 4.69) is 48.3 Å². The van der Waals surface area contributed by atoms with Gasteiger partial charge in [0, 0.05) is 11.8 Å². The Morgan fingerprint density at radius 2 is 1.79 bits per heavy atom. The lowest BCUT2D eigenvalue weighted by molar-refractivity contribution is 0.662. The number of para-hydroxylation sites is 1. The lowest BCUT2D eigenvalue weighted by atomic mass is 10.1. The third kappa shape index (κ3) is 3.56. The van der Waals surface area contributed by atoms with Crippen LogP contribution in [-0.4, -0.2) is 24.4 Å². The second-order valence-electron chi connectivity index (χ2n) is 7.04. The van der Waals surface area contributed by atoms with E-state index in [1.54, 1.807) is 16.3 Å². The first kappa shape index (κ1) is 18.7. The molecule has 0 amide bonds. The van der Waals surface area contributed by atoms with E-state index in [4.69, 9.17) is 0 Å². The fourth-order valence-corrected chi connectivity index (χ4v) is 4.46. The summed E-state index contributed by atoms with van der Waals surface area (Å²) in [6, 6.07) is 18.3. The summed E-state index contributed by atoms with van der Waals surface area (Å²) < 4.78 is 3.78. The van der Waals surface area contributed by atoms with Gasteiger partial charge in [0.2, 0.25) is 5.78 Å². The van der Waals surface area contributed by atoms with Gasteiger partial charge in [-0.2, -0.15) is 0 Å². The van der Waals surface area contributed by atoms with Crippen molar-refractivity contribution in [2.45, 2.75) is 50.1 Å². The Labute approximate surface area is 168 Å². The van der Waals surface area contributed by atoms with Crippen LogP contribution in [0.1, 0.15) is 32.3 Å². The van der Waals surface area contributed by atoms with E-state index in [9.17, 15) is 4.79 Å². The standard InChI is InChI=1S/C22H24N4OS/c1-3-15-25-20(27)18-11-7-8-12-19(18)26-21(25)23-24-22(26)28-16(2)13-14-17-9-5-4-6-10-17/h4-12,16H,3,13-15H2,1-2H3. The van der Waals surface area contributed by atoms with Crippen LogP contribution in [0.5, 0.6) is 0 Å². The van der Waals surface area contributed by atoms with Crippen LogP contribution in [0.15, 0.2) is 64.5 Å². The van der Waals surface area contributed by atoms with Crippen molar-refractivity contribution in [3.05, 3.63) is 70.5 Å². The number of aromatic nitrogens is 4. The molecule has 0 N–H and O–H groups in total. The van der Waals surface area contributed by atoms with E-state index in [1.165, 1.54) is 5.56 Å². The number of hydrogen-bond acceptors (Lipinski definition) is 4. The highest BCUT2D eigenvalue weighted by Crippen LogP contribution is 2.27. The van der Waals surface area contributed by atoms with E-state index in [0.29, 0.717) is 23.0 Å². The zero-order valence-corrected chi connectivity index (χ0v) is 17.0. The van der Waals surface area contributed by atoms with Gasteiger partial charge in [-0.15, -0.1) is 10.2 Å². The van der Waals surface area contributed by atoms with Gasteiger partial charge in [0.1, 0.15) is 0 Å². The molecule has 2 aromatic carbocycles. The molecule has 0 fully saturated rings. The molecule has 2 heterocycles. The Balaban J connectivity index is 1.69. The van der Waals surface area contributed by atoms with Crippen molar-refractivity contribution in [3.8, 4) is 0 Å². The molecule has 4 aromatic rings. The van der Waals surface area contributed by atoms with Crippen molar-refractivity contribution in [1.82, 2.24) is 19.2 Å². The number of nitrogens with zero attached hydrogens (tertiary/aromatic N) is 4. The monoisotopic (exact) mass is 392 g/mol. The molecule has 0 spiro atoms. The summed E-state index contributed by atoms with van der Waals surface area (Å²) in [6.07, 6.45) is 2.96. The Morgan fingerprint density at radius 1 is 1.04 bits per heavy atom. The highest BCUT2D eigenvalue weighted by atomic mass is 32.2. The number of fused-ring (bicyclic) bond motifs is 3. The number of thioether (sulfide) groups is 1. The largest absolute Gasteiger partial charge is 0.276 e. The molecule has 0 bridgehead atoms. The first-order chi connectivity index (χ1) is 13.7. The quantitative estimate of drug-likeness (QED) is 0.432. The van der Waals surface area contributed by atoms with Crippen LogP contribution in [0.2, 0.25) is 0 Å². The molecule has 144 valence electrons. The molecule has 1 atom stereocenters. The van der Waals surface area contributed by atoms with Gasteiger partial charge < -0.3 is 0 Å². The molecule has 6 heteroatoms. The SMILES string of the molecule is CCCn1c(=O)c2ccccc2n2c(SC(C)CCc3ccccc3)nnc12. The summed E-state index contributed by atoms with van der Waals surface area (Å²) in [7, 11) is 0. The lowest BCUT2D eigenvalue weighted by Crippen LogP contribution is -2.23. The highest BCUT2D eigenvalue weighted by molar-refractivity contribution is 7.99. The second kappa shape index (κ2) is 8.19. The van der Waals surface area contributed by atoms with Crippen molar-refractivity contribution in [2.24, 2.45) is 0 Å². The average molecular weight is 393 g/mol. The summed E-state index contributed by atoms with van der Waals surface area (Å²) in [5.41, 5.74) is 2.23. The summed E-state index contributed by atoms with van der Waals surface area (Å²) >= 11 is 1.72.